The fourth-order valence-electron chi connectivity index (χ4n) is 3.50. The number of alkyl halides is 2. The number of H-pyrrole nitrogens is 1. The Morgan fingerprint density at radius 1 is 1.16 bits per heavy atom. The number of carbonyl (C=O) groups is 1. The van der Waals surface area contributed by atoms with Crippen LogP contribution in [0.3, 0.4) is 0 Å². The Balaban J connectivity index is 0.000000423. The van der Waals surface area contributed by atoms with Gasteiger partial charge in [0.1, 0.15) is 5.82 Å². The van der Waals surface area contributed by atoms with E-state index in [1.807, 2.05) is 24.3 Å². The van der Waals surface area contributed by atoms with Gasteiger partial charge in [-0.2, -0.15) is 5.10 Å². The minimum atomic E-state index is -2.35. The van der Waals surface area contributed by atoms with Crippen LogP contribution in [-0.4, -0.2) is 22.8 Å². The van der Waals surface area contributed by atoms with Gasteiger partial charge in [0.2, 0.25) is 6.41 Å². The van der Waals surface area contributed by atoms with Crippen LogP contribution < -0.4 is 10.6 Å². The molecule has 1 aromatic heterocycles. The van der Waals surface area contributed by atoms with E-state index in [0.717, 1.165) is 47.8 Å². The van der Waals surface area contributed by atoms with Crippen molar-refractivity contribution in [2.75, 3.05) is 10.6 Å². The molecule has 3 N–H and O–H groups in total. The Morgan fingerprint density at radius 3 is 2.58 bits per heavy atom. The molecule has 3 aromatic rings. The predicted octanol–water partition coefficient (Wildman–Crippen LogP) is 7.56. The van der Waals surface area contributed by atoms with Crippen molar-refractivity contribution in [2.24, 2.45) is 10.9 Å². The molecule has 0 bridgehead atoms. The molecule has 8 heteroatoms. The largest absolute Gasteiger partial charge is 0.329 e. The highest BCUT2D eigenvalue weighted by Gasteiger charge is 2.07. The maximum Gasteiger partial charge on any atom is 0.263 e. The summed E-state index contributed by atoms with van der Waals surface area (Å²) < 4.78 is 23.9. The maximum atomic E-state index is 11.9. The molecule has 1 atom stereocenters. The Hall–Kier alpha value is -4.07. The third-order valence-electron chi connectivity index (χ3n) is 5.82. The van der Waals surface area contributed by atoms with Gasteiger partial charge in [0.15, 0.2) is 5.82 Å². The lowest BCUT2D eigenvalue weighted by Gasteiger charge is -2.08. The van der Waals surface area contributed by atoms with Crippen LogP contribution in [0.4, 0.5) is 20.3 Å². The van der Waals surface area contributed by atoms with Gasteiger partial charge in [-0.25, -0.2) is 13.8 Å². The van der Waals surface area contributed by atoms with Crippen LogP contribution in [0.25, 0.3) is 0 Å². The molecule has 0 spiro atoms. The van der Waals surface area contributed by atoms with Gasteiger partial charge < -0.3 is 10.6 Å². The third kappa shape index (κ3) is 10.5. The molecule has 0 radical (unpaired) electrons. The number of halogens is 2. The van der Waals surface area contributed by atoms with Crippen molar-refractivity contribution in [1.82, 2.24) is 10.2 Å². The number of anilines is 2. The van der Waals surface area contributed by atoms with Gasteiger partial charge in [-0.3, -0.25) is 9.89 Å². The van der Waals surface area contributed by atoms with E-state index in [1.165, 1.54) is 23.3 Å². The maximum absolute atomic E-state index is 11.9. The molecule has 0 aliphatic carbocycles. The number of carbonyl (C=O) groups excluding carboxylic acids is 1. The number of benzene rings is 2. The number of aromatic nitrogens is 2. The summed E-state index contributed by atoms with van der Waals surface area (Å²) in [6, 6.07) is 14.3. The first kappa shape index (κ1) is 30.2. The molecular formula is C30H37F2N5O. The van der Waals surface area contributed by atoms with Gasteiger partial charge in [0.25, 0.3) is 6.43 Å². The number of allylic oxidation sites excluding steroid dienone is 2. The van der Waals surface area contributed by atoms with E-state index in [0.29, 0.717) is 12.3 Å². The topological polar surface area (TPSA) is 82.2 Å². The Bertz CT molecular complexity index is 1230. The van der Waals surface area contributed by atoms with Gasteiger partial charge in [-0.15, -0.1) is 0 Å². The zero-order chi connectivity index (χ0) is 27.9. The summed E-state index contributed by atoms with van der Waals surface area (Å²) in [6.45, 7) is 11.8. The number of rotatable bonds is 12. The molecule has 0 saturated carbocycles. The minimum absolute atomic E-state index is 0.0972. The van der Waals surface area contributed by atoms with E-state index >= 15 is 0 Å². The monoisotopic (exact) mass is 521 g/mol. The molecule has 0 aliphatic heterocycles. The smallest absolute Gasteiger partial charge is 0.263 e. The number of nitrogens with zero attached hydrogens (tertiary/aromatic N) is 2. The Kier molecular flexibility index (Phi) is 12.6. The average Bonchev–Trinajstić information content (AvgIpc) is 3.35. The molecule has 2 aromatic carbocycles. The van der Waals surface area contributed by atoms with Gasteiger partial charge in [0.05, 0.1) is 0 Å². The predicted molar refractivity (Wildman–Crippen MR) is 153 cm³/mol. The molecule has 1 heterocycles. The van der Waals surface area contributed by atoms with E-state index in [9.17, 15) is 13.6 Å². The second kappa shape index (κ2) is 15.9. The first-order valence-corrected chi connectivity index (χ1v) is 12.6. The molecule has 6 nitrogen and oxygen atoms in total. The second-order valence-corrected chi connectivity index (χ2v) is 8.97. The lowest BCUT2D eigenvalue weighted by atomic mass is 10.0. The van der Waals surface area contributed by atoms with Crippen LogP contribution >= 0.6 is 0 Å². The average molecular weight is 522 g/mol. The number of hydrogen-bond acceptors (Lipinski definition) is 4. The highest BCUT2D eigenvalue weighted by atomic mass is 19.3. The first-order chi connectivity index (χ1) is 18.2. The standard InChI is InChI=1S/C22H29N5O.C8H8F2/c1-5-11-23-21(12-16(3)6-2)25-22-14-20(26-27-22)10-8-18-13-19(24-15-28)9-7-17(18)4;1-6-3-2-4-7(5-6)8(9)10/h5,7,9,11-16H,1,6,8,10H2,2-4H3,(H,24,28)(H2,25,26,27);2-5,8H,1H3/b21-12+,23-11-;. The van der Waals surface area contributed by atoms with E-state index < -0.39 is 6.43 Å². The van der Waals surface area contributed by atoms with E-state index in [4.69, 9.17) is 0 Å². The SMILES string of the molecule is C=C/C=N\C(=C/C(C)CC)Nc1cc(CCc2cc(NC=O)ccc2C)[nH]n1.Cc1cccc(C(F)F)c1. The van der Waals surface area contributed by atoms with E-state index in [1.54, 1.807) is 31.3 Å². The van der Waals surface area contributed by atoms with Gasteiger partial charge >= 0.3 is 0 Å². The van der Waals surface area contributed by atoms with Gasteiger partial charge in [0, 0.05) is 29.2 Å². The van der Waals surface area contributed by atoms with Gasteiger partial charge in [-0.05, 0) is 68.4 Å². The third-order valence-corrected chi connectivity index (χ3v) is 5.82. The molecule has 202 valence electrons. The highest BCUT2D eigenvalue weighted by Crippen LogP contribution is 2.19. The summed E-state index contributed by atoms with van der Waals surface area (Å²) >= 11 is 0. The summed E-state index contributed by atoms with van der Waals surface area (Å²) in [4.78, 5) is 15.0. The van der Waals surface area contributed by atoms with Crippen LogP contribution in [-0.2, 0) is 17.6 Å². The summed E-state index contributed by atoms with van der Waals surface area (Å²) in [5.74, 6) is 1.91. The normalized spacial score (nSPS) is 12.1. The highest BCUT2D eigenvalue weighted by molar-refractivity contribution is 5.72. The zero-order valence-electron chi connectivity index (χ0n) is 22.5. The minimum Gasteiger partial charge on any atom is -0.329 e. The van der Waals surface area contributed by atoms with Crippen LogP contribution in [0, 0.1) is 19.8 Å². The number of aliphatic imine (C=N–C) groups is 1. The molecular weight excluding hydrogens is 484 g/mol. The summed E-state index contributed by atoms with van der Waals surface area (Å²) in [5.41, 5.74) is 5.21. The fraction of sp³-hybridized carbons (Fsp3) is 0.300. The van der Waals surface area contributed by atoms with E-state index in [2.05, 4.69) is 59.2 Å². The number of hydrogen-bond donors (Lipinski definition) is 3. The Labute approximate surface area is 224 Å². The fourth-order valence-corrected chi connectivity index (χ4v) is 3.50. The van der Waals surface area contributed by atoms with E-state index in [-0.39, 0.29) is 5.56 Å². The number of amides is 1. The number of aryl methyl sites for hydroxylation is 4. The molecule has 0 fully saturated rings. The quantitative estimate of drug-likeness (QED) is 0.170. The molecule has 1 unspecified atom stereocenters. The van der Waals surface area contributed by atoms with Crippen molar-refractivity contribution in [2.45, 2.75) is 53.4 Å². The molecule has 1 amide bonds. The molecule has 38 heavy (non-hydrogen) atoms. The number of nitrogens with one attached hydrogen (secondary N) is 3. The van der Waals surface area contributed by atoms with Crippen LogP contribution in [0.1, 0.15) is 54.6 Å². The van der Waals surface area contributed by atoms with Gasteiger partial charge in [-0.1, -0.05) is 62.4 Å². The first-order valence-electron chi connectivity index (χ1n) is 12.6. The summed E-state index contributed by atoms with van der Waals surface area (Å²) in [7, 11) is 0. The lowest BCUT2D eigenvalue weighted by Crippen LogP contribution is -2.00. The Morgan fingerprint density at radius 2 is 1.95 bits per heavy atom. The van der Waals surface area contributed by atoms with Crippen molar-refractivity contribution in [3.63, 3.8) is 0 Å². The molecule has 3 rings (SSSR count). The van der Waals surface area contributed by atoms with Crippen molar-refractivity contribution in [3.05, 3.63) is 101 Å². The van der Waals surface area contributed by atoms with Crippen molar-refractivity contribution < 1.29 is 13.6 Å². The van der Waals surface area contributed by atoms with Crippen LogP contribution in [0.2, 0.25) is 0 Å². The lowest BCUT2D eigenvalue weighted by molar-refractivity contribution is -0.105. The van der Waals surface area contributed by atoms with Crippen LogP contribution in [0.5, 0.6) is 0 Å². The summed E-state index contributed by atoms with van der Waals surface area (Å²) in [5, 5.41) is 13.4. The molecule has 0 saturated heterocycles. The zero-order valence-corrected chi connectivity index (χ0v) is 22.5. The van der Waals surface area contributed by atoms with Crippen molar-refractivity contribution in [3.8, 4) is 0 Å². The summed E-state index contributed by atoms with van der Waals surface area (Å²) in [6.07, 6.45) is 6.46. The van der Waals surface area contributed by atoms with Crippen molar-refractivity contribution in [1.29, 1.82) is 0 Å². The van der Waals surface area contributed by atoms with Crippen LogP contribution in [0.15, 0.2) is 78.1 Å². The molecule has 0 aliphatic rings. The number of aromatic amines is 1. The van der Waals surface area contributed by atoms with Crippen molar-refractivity contribution >= 4 is 24.1 Å². The second-order valence-electron chi connectivity index (χ2n) is 8.97.